The second-order valence-corrected chi connectivity index (χ2v) is 7.53. The van der Waals surface area contributed by atoms with Crippen LogP contribution in [0.25, 0.3) is 0 Å². The molecule has 21 heavy (non-hydrogen) atoms. The van der Waals surface area contributed by atoms with Gasteiger partial charge in [-0.05, 0) is 39.1 Å². The molecule has 5 heteroatoms. The Kier molecular flexibility index (Phi) is 5.22. The van der Waals surface area contributed by atoms with E-state index in [0.29, 0.717) is 12.4 Å². The molecule has 0 N–H and O–H groups in total. The van der Waals surface area contributed by atoms with Crippen molar-refractivity contribution >= 4 is 14.8 Å². The summed E-state index contributed by atoms with van der Waals surface area (Å²) in [5, 5.41) is 0. The molecule has 1 heterocycles. The molecule has 0 aliphatic rings. The molecule has 0 bridgehead atoms. The van der Waals surface area contributed by atoms with Crippen LogP contribution in [0.5, 0.6) is 5.75 Å². The maximum atomic E-state index is 5.94. The van der Waals surface area contributed by atoms with Gasteiger partial charge in [-0.15, -0.1) is 0 Å². The van der Waals surface area contributed by atoms with Gasteiger partial charge in [0.05, 0.1) is 12.3 Å². The quantitative estimate of drug-likeness (QED) is 0.629. The minimum atomic E-state index is -1.11. The van der Waals surface area contributed by atoms with Gasteiger partial charge in [0.2, 0.25) is 9.04 Å². The van der Waals surface area contributed by atoms with Crippen LogP contribution >= 0.6 is 0 Å². The molecule has 4 nitrogen and oxygen atoms in total. The van der Waals surface area contributed by atoms with E-state index in [4.69, 9.17) is 4.43 Å². The summed E-state index contributed by atoms with van der Waals surface area (Å²) >= 11 is 0. The highest BCUT2D eigenvalue weighted by Gasteiger charge is 2.06. The zero-order valence-corrected chi connectivity index (χ0v) is 14.2. The van der Waals surface area contributed by atoms with Crippen LogP contribution < -0.4 is 4.43 Å². The summed E-state index contributed by atoms with van der Waals surface area (Å²) in [6, 6.07) is 9.96. The lowest BCUT2D eigenvalue weighted by atomic mass is 10.2. The topological polar surface area (TPSA) is 47.4 Å². The van der Waals surface area contributed by atoms with Crippen LogP contribution in [0.4, 0.5) is 0 Å². The molecule has 0 atom stereocenters. The van der Waals surface area contributed by atoms with Crippen LogP contribution in [0.2, 0.25) is 13.1 Å². The van der Waals surface area contributed by atoms with Crippen molar-refractivity contribution < 1.29 is 4.43 Å². The van der Waals surface area contributed by atoms with E-state index in [-0.39, 0.29) is 0 Å². The van der Waals surface area contributed by atoms with Crippen molar-refractivity contribution in [3.63, 3.8) is 0 Å². The van der Waals surface area contributed by atoms with E-state index < -0.39 is 9.04 Å². The van der Waals surface area contributed by atoms with Crippen LogP contribution in [0.3, 0.4) is 0 Å². The molecule has 1 aromatic heterocycles. The standard InChI is InChI=1S/C16H21N3OSi/c1-12-9-10-17-16(19-12)13(2)18-11-14-7-5-6-8-15(14)20-21(3)4/h5-10,21H,11H2,1-4H3. The van der Waals surface area contributed by atoms with Crippen LogP contribution in [0.15, 0.2) is 41.5 Å². The third-order valence-electron chi connectivity index (χ3n) is 2.94. The number of aromatic nitrogens is 2. The van der Waals surface area contributed by atoms with Crippen molar-refractivity contribution in [2.45, 2.75) is 33.5 Å². The highest BCUT2D eigenvalue weighted by atomic mass is 28.3. The zero-order chi connectivity index (χ0) is 15.2. The van der Waals surface area contributed by atoms with E-state index in [1.54, 1.807) is 6.20 Å². The highest BCUT2D eigenvalue weighted by Crippen LogP contribution is 2.19. The third-order valence-corrected chi connectivity index (χ3v) is 3.67. The first kappa shape index (κ1) is 15.4. The van der Waals surface area contributed by atoms with Crippen molar-refractivity contribution in [2.75, 3.05) is 0 Å². The van der Waals surface area contributed by atoms with E-state index >= 15 is 0 Å². The molecule has 0 saturated heterocycles. The van der Waals surface area contributed by atoms with E-state index in [1.807, 2.05) is 38.1 Å². The first-order chi connectivity index (χ1) is 10.1. The van der Waals surface area contributed by atoms with Crippen molar-refractivity contribution in [3.8, 4) is 5.75 Å². The number of hydrogen-bond acceptors (Lipinski definition) is 4. The van der Waals surface area contributed by atoms with Gasteiger partial charge in [-0.25, -0.2) is 9.97 Å². The van der Waals surface area contributed by atoms with Crippen LogP contribution in [-0.2, 0) is 6.54 Å². The Bertz CT molecular complexity index is 641. The maximum Gasteiger partial charge on any atom is 0.229 e. The van der Waals surface area contributed by atoms with Gasteiger partial charge in [-0.2, -0.15) is 0 Å². The minimum absolute atomic E-state index is 0.584. The van der Waals surface area contributed by atoms with E-state index in [2.05, 4.69) is 34.1 Å². The SMILES string of the molecule is CC(=NCc1ccccc1O[SiH](C)C)c1nccc(C)n1. The number of aryl methyl sites for hydroxylation is 1. The Morgan fingerprint density at radius 1 is 1.24 bits per heavy atom. The van der Waals surface area contributed by atoms with Crippen molar-refractivity contribution in [3.05, 3.63) is 53.6 Å². The number of rotatable bonds is 5. The van der Waals surface area contributed by atoms with Crippen LogP contribution in [0.1, 0.15) is 24.0 Å². The summed E-state index contributed by atoms with van der Waals surface area (Å²) in [5.41, 5.74) is 2.89. The summed E-state index contributed by atoms with van der Waals surface area (Å²) < 4.78 is 5.94. The predicted octanol–water partition coefficient (Wildman–Crippen LogP) is 3.16. The van der Waals surface area contributed by atoms with E-state index in [0.717, 1.165) is 22.7 Å². The van der Waals surface area contributed by atoms with Gasteiger partial charge in [0.25, 0.3) is 0 Å². The van der Waals surface area contributed by atoms with Gasteiger partial charge in [-0.3, -0.25) is 4.99 Å². The predicted molar refractivity (Wildman–Crippen MR) is 88.6 cm³/mol. The lowest BCUT2D eigenvalue weighted by Gasteiger charge is -2.13. The molecule has 0 aliphatic heterocycles. The molecule has 0 spiro atoms. The monoisotopic (exact) mass is 299 g/mol. The molecule has 0 aliphatic carbocycles. The summed E-state index contributed by atoms with van der Waals surface area (Å²) in [6.45, 7) is 8.79. The van der Waals surface area contributed by atoms with Crippen molar-refractivity contribution in [2.24, 2.45) is 4.99 Å². The first-order valence-electron chi connectivity index (χ1n) is 7.12. The first-order valence-corrected chi connectivity index (χ1v) is 9.90. The van der Waals surface area contributed by atoms with E-state index in [9.17, 15) is 0 Å². The smallest absolute Gasteiger partial charge is 0.229 e. The Morgan fingerprint density at radius 2 is 2.00 bits per heavy atom. The average molecular weight is 299 g/mol. The molecular formula is C16H21N3OSi. The average Bonchev–Trinajstić information content (AvgIpc) is 2.45. The van der Waals surface area contributed by atoms with Gasteiger partial charge >= 0.3 is 0 Å². The van der Waals surface area contributed by atoms with Gasteiger partial charge in [-0.1, -0.05) is 18.2 Å². The van der Waals surface area contributed by atoms with E-state index in [1.165, 1.54) is 0 Å². The molecule has 0 saturated carbocycles. The number of benzene rings is 1. The van der Waals surface area contributed by atoms with Gasteiger partial charge in [0, 0.05) is 17.5 Å². The molecule has 2 aromatic rings. The molecule has 0 unspecified atom stereocenters. The zero-order valence-electron chi connectivity index (χ0n) is 13.0. The molecule has 110 valence electrons. The van der Waals surface area contributed by atoms with Crippen LogP contribution in [0, 0.1) is 6.92 Å². The molecular weight excluding hydrogens is 278 g/mol. The Morgan fingerprint density at radius 3 is 2.71 bits per heavy atom. The Hall–Kier alpha value is -2.01. The van der Waals surface area contributed by atoms with Gasteiger partial charge < -0.3 is 4.43 Å². The molecule has 2 rings (SSSR count). The second-order valence-electron chi connectivity index (χ2n) is 5.20. The fourth-order valence-electron chi connectivity index (χ4n) is 1.90. The lowest BCUT2D eigenvalue weighted by Crippen LogP contribution is -2.12. The number of hydrogen-bond donors (Lipinski definition) is 0. The Labute approximate surface area is 127 Å². The summed E-state index contributed by atoms with van der Waals surface area (Å²) in [7, 11) is -1.11. The van der Waals surface area contributed by atoms with Gasteiger partial charge in [0.1, 0.15) is 5.75 Å². The molecule has 0 radical (unpaired) electrons. The Balaban J connectivity index is 2.17. The van der Waals surface area contributed by atoms with Crippen molar-refractivity contribution in [1.82, 2.24) is 9.97 Å². The largest absolute Gasteiger partial charge is 0.547 e. The third kappa shape index (κ3) is 4.49. The maximum absolute atomic E-state index is 5.94. The molecule has 1 aromatic carbocycles. The minimum Gasteiger partial charge on any atom is -0.547 e. The van der Waals surface area contributed by atoms with Crippen LogP contribution in [-0.4, -0.2) is 24.7 Å². The highest BCUT2D eigenvalue weighted by molar-refractivity contribution is 6.49. The number of aliphatic imine (C=N–C) groups is 1. The summed E-state index contributed by atoms with van der Waals surface area (Å²) in [6.07, 6.45) is 1.76. The number of para-hydroxylation sites is 1. The van der Waals surface area contributed by atoms with Crippen molar-refractivity contribution in [1.29, 1.82) is 0 Å². The molecule has 0 fully saturated rings. The fraction of sp³-hybridized carbons (Fsp3) is 0.312. The van der Waals surface area contributed by atoms with Gasteiger partial charge in [0.15, 0.2) is 5.82 Å². The molecule has 0 amide bonds. The summed E-state index contributed by atoms with van der Waals surface area (Å²) in [5.74, 6) is 1.63. The fourth-order valence-corrected chi connectivity index (χ4v) is 2.64. The normalized spacial score (nSPS) is 11.8. The summed E-state index contributed by atoms with van der Waals surface area (Å²) in [4.78, 5) is 13.2. The number of nitrogens with zero attached hydrogens (tertiary/aromatic N) is 3. The second kappa shape index (κ2) is 7.13. The lowest BCUT2D eigenvalue weighted by molar-refractivity contribution is 0.571.